The number of hydrogen-bond donors (Lipinski definition) is 0. The molecule has 0 bridgehead atoms. The van der Waals surface area contributed by atoms with Crippen molar-refractivity contribution < 1.29 is 0 Å². The molecule has 48 heavy (non-hydrogen) atoms. The van der Waals surface area contributed by atoms with Gasteiger partial charge in [0.2, 0.25) is 0 Å². The van der Waals surface area contributed by atoms with Crippen molar-refractivity contribution >= 4 is 0 Å². The van der Waals surface area contributed by atoms with Gasteiger partial charge in [-0.25, -0.2) is 15.0 Å². The molecule has 1 heterocycles. The summed E-state index contributed by atoms with van der Waals surface area (Å²) in [5.74, 6) is 3.04. The molecule has 0 radical (unpaired) electrons. The molecule has 230 valence electrons. The van der Waals surface area contributed by atoms with Gasteiger partial charge in [-0.1, -0.05) is 144 Å². The number of allylic oxidation sites excluding steroid dienone is 4. The van der Waals surface area contributed by atoms with Crippen molar-refractivity contribution in [2.24, 2.45) is 5.92 Å². The third-order valence-electron chi connectivity index (χ3n) is 11.1. The Labute approximate surface area is 281 Å². The standard InChI is InChI=1S/C45H35N3/c1-25-16-19-31-30-12-6-9-15-36(30)41(37(31)22-25)44-46-43(40-34-13-7-4-10-28(34)29-11-5-8-14-35(29)40)47-45(48-44)42-38-23-26(2)17-20-32(38)33-21-18-27(3)24-39(33)42/h4-24,30,36,40-42H,1-3H3. The second kappa shape index (κ2) is 10.3. The molecule has 0 saturated carbocycles. The number of aryl methyl sites for hydroxylation is 3. The van der Waals surface area contributed by atoms with Crippen LogP contribution in [0.1, 0.15) is 91.2 Å². The lowest BCUT2D eigenvalue weighted by atomic mass is 9.83. The molecule has 6 aromatic rings. The minimum atomic E-state index is -0.0711. The van der Waals surface area contributed by atoms with Gasteiger partial charge >= 0.3 is 0 Å². The van der Waals surface area contributed by atoms with Crippen LogP contribution in [0.4, 0.5) is 0 Å². The maximum Gasteiger partial charge on any atom is 0.144 e. The molecule has 0 aliphatic heterocycles. The lowest BCUT2D eigenvalue weighted by Gasteiger charge is -2.24. The molecule has 0 saturated heterocycles. The molecule has 0 amide bonds. The summed E-state index contributed by atoms with van der Waals surface area (Å²) in [6, 6.07) is 38.2. The molecule has 3 heteroatoms. The number of benzene rings is 5. The molecule has 4 aliphatic rings. The quantitative estimate of drug-likeness (QED) is 0.198. The molecule has 5 aromatic carbocycles. The zero-order chi connectivity index (χ0) is 32.1. The molecule has 0 N–H and O–H groups in total. The Hall–Kier alpha value is -5.41. The van der Waals surface area contributed by atoms with E-state index in [-0.39, 0.29) is 23.7 Å². The summed E-state index contributed by atoms with van der Waals surface area (Å²) in [4.78, 5) is 16.7. The van der Waals surface area contributed by atoms with Gasteiger partial charge in [0.1, 0.15) is 17.5 Å². The van der Waals surface area contributed by atoms with E-state index in [1.54, 1.807) is 0 Å². The number of rotatable bonds is 3. The zero-order valence-corrected chi connectivity index (χ0v) is 27.4. The van der Waals surface area contributed by atoms with Crippen LogP contribution in [0.2, 0.25) is 0 Å². The largest absolute Gasteiger partial charge is 0.216 e. The predicted molar refractivity (Wildman–Crippen MR) is 192 cm³/mol. The van der Waals surface area contributed by atoms with Crippen molar-refractivity contribution in [1.82, 2.24) is 15.0 Å². The minimum Gasteiger partial charge on any atom is -0.216 e. The molecule has 4 aliphatic carbocycles. The van der Waals surface area contributed by atoms with Crippen molar-refractivity contribution in [2.45, 2.75) is 44.4 Å². The molecular weight excluding hydrogens is 583 g/mol. The van der Waals surface area contributed by atoms with Crippen LogP contribution in [0.15, 0.2) is 127 Å². The smallest absolute Gasteiger partial charge is 0.144 e. The fraction of sp³-hybridized carbons (Fsp3) is 0.178. The Morgan fingerprint density at radius 3 is 1.52 bits per heavy atom. The number of hydrogen-bond acceptors (Lipinski definition) is 3. The van der Waals surface area contributed by atoms with Gasteiger partial charge in [0.05, 0.1) is 17.8 Å². The molecule has 0 spiro atoms. The summed E-state index contributed by atoms with van der Waals surface area (Å²) in [7, 11) is 0. The van der Waals surface area contributed by atoms with Gasteiger partial charge in [-0.3, -0.25) is 0 Å². The Kier molecular flexibility index (Phi) is 5.94. The van der Waals surface area contributed by atoms with E-state index in [1.807, 2.05) is 0 Å². The highest BCUT2D eigenvalue weighted by Crippen LogP contribution is 2.54. The van der Waals surface area contributed by atoms with E-state index < -0.39 is 0 Å². The fourth-order valence-corrected chi connectivity index (χ4v) is 9.08. The van der Waals surface area contributed by atoms with Crippen LogP contribution in [-0.4, -0.2) is 15.0 Å². The van der Waals surface area contributed by atoms with Crippen LogP contribution in [0.25, 0.3) is 22.3 Å². The van der Waals surface area contributed by atoms with Gasteiger partial charge in [-0.2, -0.15) is 0 Å². The molecule has 10 rings (SSSR count). The first-order chi connectivity index (χ1) is 23.5. The number of fused-ring (bicyclic) bond motifs is 9. The van der Waals surface area contributed by atoms with E-state index in [9.17, 15) is 0 Å². The van der Waals surface area contributed by atoms with Crippen LogP contribution >= 0.6 is 0 Å². The molecule has 3 unspecified atom stereocenters. The van der Waals surface area contributed by atoms with Crippen molar-refractivity contribution in [1.29, 1.82) is 0 Å². The third kappa shape index (κ3) is 3.97. The van der Waals surface area contributed by atoms with E-state index in [1.165, 1.54) is 72.3 Å². The fourth-order valence-electron chi connectivity index (χ4n) is 9.08. The predicted octanol–water partition coefficient (Wildman–Crippen LogP) is 10.1. The summed E-state index contributed by atoms with van der Waals surface area (Å²) in [6.07, 6.45) is 9.14. The van der Waals surface area contributed by atoms with Gasteiger partial charge in [0, 0.05) is 11.8 Å². The van der Waals surface area contributed by atoms with E-state index in [0.29, 0.717) is 5.92 Å². The van der Waals surface area contributed by atoms with Gasteiger partial charge in [-0.15, -0.1) is 0 Å². The molecule has 3 atom stereocenters. The maximum atomic E-state index is 5.58. The summed E-state index contributed by atoms with van der Waals surface area (Å²) in [6.45, 7) is 6.56. The SMILES string of the molecule is Cc1ccc2c(c1)C(c1nc(C3c4ccccc4-c4ccccc43)nc(C3c4cc(C)ccc4C4C=CC=CC43)n1)c1cc(C)ccc1-2. The Balaban J connectivity index is 1.26. The maximum absolute atomic E-state index is 5.58. The summed E-state index contributed by atoms with van der Waals surface area (Å²) in [5, 5.41) is 0. The van der Waals surface area contributed by atoms with Crippen molar-refractivity contribution in [2.75, 3.05) is 0 Å². The number of aromatic nitrogens is 3. The van der Waals surface area contributed by atoms with Crippen LogP contribution < -0.4 is 0 Å². The molecule has 0 fully saturated rings. The second-order valence-corrected chi connectivity index (χ2v) is 14.1. The first kappa shape index (κ1) is 27.7. The zero-order valence-electron chi connectivity index (χ0n) is 27.4. The topological polar surface area (TPSA) is 38.7 Å². The lowest BCUT2D eigenvalue weighted by Crippen LogP contribution is -2.20. The van der Waals surface area contributed by atoms with Crippen molar-refractivity contribution in [3.05, 3.63) is 195 Å². The molecule has 3 nitrogen and oxygen atoms in total. The third-order valence-corrected chi connectivity index (χ3v) is 11.1. The van der Waals surface area contributed by atoms with E-state index in [0.717, 1.165) is 17.5 Å². The highest BCUT2D eigenvalue weighted by molar-refractivity contribution is 5.82. The normalized spacial score (nSPS) is 19.9. The van der Waals surface area contributed by atoms with Crippen molar-refractivity contribution in [3.63, 3.8) is 0 Å². The van der Waals surface area contributed by atoms with Crippen LogP contribution in [-0.2, 0) is 0 Å². The lowest BCUT2D eigenvalue weighted by molar-refractivity contribution is 0.535. The van der Waals surface area contributed by atoms with Crippen LogP contribution in [0, 0.1) is 26.7 Å². The van der Waals surface area contributed by atoms with E-state index in [4.69, 9.17) is 15.0 Å². The average Bonchev–Trinajstić information content (AvgIpc) is 3.72. The van der Waals surface area contributed by atoms with Crippen LogP contribution in [0.5, 0.6) is 0 Å². The Morgan fingerprint density at radius 2 is 0.896 bits per heavy atom. The summed E-state index contributed by atoms with van der Waals surface area (Å²) in [5.41, 5.74) is 16.7. The first-order valence-electron chi connectivity index (χ1n) is 17.1. The highest BCUT2D eigenvalue weighted by atomic mass is 15.1. The Morgan fingerprint density at radius 1 is 0.417 bits per heavy atom. The van der Waals surface area contributed by atoms with Crippen molar-refractivity contribution in [3.8, 4) is 22.3 Å². The monoisotopic (exact) mass is 617 g/mol. The average molecular weight is 618 g/mol. The summed E-state index contributed by atoms with van der Waals surface area (Å²) >= 11 is 0. The first-order valence-corrected chi connectivity index (χ1v) is 17.1. The Bertz CT molecular complexity index is 2280. The van der Waals surface area contributed by atoms with E-state index in [2.05, 4.69) is 148 Å². The van der Waals surface area contributed by atoms with Crippen LogP contribution in [0.3, 0.4) is 0 Å². The highest BCUT2D eigenvalue weighted by Gasteiger charge is 2.43. The van der Waals surface area contributed by atoms with Gasteiger partial charge in [-0.05, 0) is 76.4 Å². The minimum absolute atomic E-state index is 0.0360. The van der Waals surface area contributed by atoms with Gasteiger partial charge in [0.25, 0.3) is 0 Å². The van der Waals surface area contributed by atoms with Gasteiger partial charge in [0.15, 0.2) is 0 Å². The van der Waals surface area contributed by atoms with E-state index >= 15 is 0 Å². The molecule has 1 aromatic heterocycles. The summed E-state index contributed by atoms with van der Waals surface area (Å²) < 4.78 is 0. The second-order valence-electron chi connectivity index (χ2n) is 14.1. The van der Waals surface area contributed by atoms with Gasteiger partial charge < -0.3 is 0 Å². The molecular formula is C45H35N3. The number of nitrogens with zero attached hydrogens (tertiary/aromatic N) is 3.